The average molecular weight is 197 g/mol. The van der Waals surface area contributed by atoms with Crippen molar-refractivity contribution in [3.05, 3.63) is 0 Å². The van der Waals surface area contributed by atoms with Crippen LogP contribution in [0.25, 0.3) is 0 Å². The van der Waals surface area contributed by atoms with Crippen LogP contribution in [-0.2, 0) is 0 Å². The zero-order chi connectivity index (χ0) is 10.6. The van der Waals surface area contributed by atoms with Crippen LogP contribution in [0, 0.1) is 11.3 Å². The molecule has 0 unspecified atom stereocenters. The van der Waals surface area contributed by atoms with Gasteiger partial charge in [-0.2, -0.15) is 0 Å². The van der Waals surface area contributed by atoms with Gasteiger partial charge in [-0.05, 0) is 45.6 Å². The van der Waals surface area contributed by atoms with Crippen molar-refractivity contribution in [2.45, 2.75) is 45.6 Å². The summed E-state index contributed by atoms with van der Waals surface area (Å²) in [5.41, 5.74) is 5.33. The van der Waals surface area contributed by atoms with Gasteiger partial charge in [0.1, 0.15) is 0 Å². The second kappa shape index (κ2) is 5.35. The SMILES string of the molecule is CC(C)N(CCCC(=N)N)CC1CC1. The molecule has 1 fully saturated rings. The topological polar surface area (TPSA) is 53.1 Å². The molecule has 0 spiro atoms. The number of amidine groups is 1. The molecule has 0 aliphatic heterocycles. The van der Waals surface area contributed by atoms with E-state index >= 15 is 0 Å². The van der Waals surface area contributed by atoms with Crippen LogP contribution in [0.5, 0.6) is 0 Å². The lowest BCUT2D eigenvalue weighted by Crippen LogP contribution is -2.34. The number of hydrogen-bond donors (Lipinski definition) is 2. The summed E-state index contributed by atoms with van der Waals surface area (Å²) in [5.74, 6) is 1.27. The zero-order valence-corrected chi connectivity index (χ0v) is 9.42. The molecule has 3 N–H and O–H groups in total. The van der Waals surface area contributed by atoms with E-state index in [4.69, 9.17) is 11.1 Å². The molecule has 0 radical (unpaired) electrons. The van der Waals surface area contributed by atoms with E-state index in [0.29, 0.717) is 11.9 Å². The molecule has 3 heteroatoms. The van der Waals surface area contributed by atoms with E-state index in [2.05, 4.69) is 18.7 Å². The molecule has 1 saturated carbocycles. The predicted molar refractivity (Wildman–Crippen MR) is 60.6 cm³/mol. The van der Waals surface area contributed by atoms with Gasteiger partial charge in [-0.3, -0.25) is 5.41 Å². The first-order chi connectivity index (χ1) is 6.59. The van der Waals surface area contributed by atoms with Crippen LogP contribution in [0.3, 0.4) is 0 Å². The number of nitrogens with one attached hydrogen (secondary N) is 1. The highest BCUT2D eigenvalue weighted by molar-refractivity contribution is 5.76. The van der Waals surface area contributed by atoms with Crippen LogP contribution >= 0.6 is 0 Å². The van der Waals surface area contributed by atoms with Crippen LogP contribution in [0.15, 0.2) is 0 Å². The molecule has 0 heterocycles. The standard InChI is InChI=1S/C11H23N3/c1-9(2)14(8-10-5-6-10)7-3-4-11(12)13/h9-10H,3-8H2,1-2H3,(H3,12,13). The van der Waals surface area contributed by atoms with E-state index < -0.39 is 0 Å². The fraction of sp³-hybridized carbons (Fsp3) is 0.909. The van der Waals surface area contributed by atoms with Crippen molar-refractivity contribution in [1.82, 2.24) is 4.90 Å². The van der Waals surface area contributed by atoms with Gasteiger partial charge in [0.05, 0.1) is 5.84 Å². The molecule has 0 saturated heterocycles. The molecule has 0 bridgehead atoms. The number of nitrogens with zero attached hydrogens (tertiary/aromatic N) is 1. The van der Waals surface area contributed by atoms with Gasteiger partial charge in [0, 0.05) is 19.0 Å². The Morgan fingerprint density at radius 3 is 2.57 bits per heavy atom. The van der Waals surface area contributed by atoms with Crippen LogP contribution in [0.1, 0.15) is 39.5 Å². The Hall–Kier alpha value is -0.570. The minimum absolute atomic E-state index is 0.320. The second-order valence-corrected chi connectivity index (χ2v) is 4.66. The smallest absolute Gasteiger partial charge is 0.0905 e. The Morgan fingerprint density at radius 2 is 2.14 bits per heavy atom. The van der Waals surface area contributed by atoms with Gasteiger partial charge in [-0.25, -0.2) is 0 Å². The first-order valence-corrected chi connectivity index (χ1v) is 5.66. The highest BCUT2D eigenvalue weighted by atomic mass is 15.1. The van der Waals surface area contributed by atoms with Crippen molar-refractivity contribution >= 4 is 5.84 Å². The lowest BCUT2D eigenvalue weighted by Gasteiger charge is -2.26. The lowest BCUT2D eigenvalue weighted by atomic mass is 10.2. The Labute approximate surface area is 87.2 Å². The fourth-order valence-corrected chi connectivity index (χ4v) is 1.66. The molecule has 0 amide bonds. The van der Waals surface area contributed by atoms with Crippen LogP contribution < -0.4 is 5.73 Å². The van der Waals surface area contributed by atoms with E-state index in [1.807, 2.05) is 0 Å². The quantitative estimate of drug-likeness (QED) is 0.483. The summed E-state index contributed by atoms with van der Waals surface area (Å²) in [6.07, 6.45) is 4.60. The van der Waals surface area contributed by atoms with Gasteiger partial charge in [0.25, 0.3) is 0 Å². The van der Waals surface area contributed by atoms with Gasteiger partial charge >= 0.3 is 0 Å². The highest BCUT2D eigenvalue weighted by Crippen LogP contribution is 2.30. The summed E-state index contributed by atoms with van der Waals surface area (Å²) in [4.78, 5) is 2.51. The molecule has 82 valence electrons. The van der Waals surface area contributed by atoms with Crippen LogP contribution in [0.4, 0.5) is 0 Å². The average Bonchev–Trinajstić information content (AvgIpc) is 2.85. The Kier molecular flexibility index (Phi) is 4.39. The van der Waals surface area contributed by atoms with Crippen molar-refractivity contribution in [3.8, 4) is 0 Å². The van der Waals surface area contributed by atoms with Gasteiger partial charge in [0.2, 0.25) is 0 Å². The first-order valence-electron chi connectivity index (χ1n) is 5.66. The van der Waals surface area contributed by atoms with Crippen molar-refractivity contribution in [3.63, 3.8) is 0 Å². The normalized spacial score (nSPS) is 16.6. The van der Waals surface area contributed by atoms with Crippen molar-refractivity contribution in [2.24, 2.45) is 11.7 Å². The van der Waals surface area contributed by atoms with E-state index in [1.54, 1.807) is 0 Å². The van der Waals surface area contributed by atoms with Crippen molar-refractivity contribution < 1.29 is 0 Å². The minimum atomic E-state index is 0.320. The summed E-state index contributed by atoms with van der Waals surface area (Å²) in [6, 6.07) is 0.627. The molecular formula is C11H23N3. The van der Waals surface area contributed by atoms with Gasteiger partial charge in [-0.1, -0.05) is 0 Å². The summed E-state index contributed by atoms with van der Waals surface area (Å²) < 4.78 is 0. The van der Waals surface area contributed by atoms with Crippen molar-refractivity contribution in [2.75, 3.05) is 13.1 Å². The molecule has 1 aliphatic rings. The summed E-state index contributed by atoms with van der Waals surface area (Å²) in [5, 5.41) is 7.16. The van der Waals surface area contributed by atoms with Gasteiger partial charge in [0.15, 0.2) is 0 Å². The lowest BCUT2D eigenvalue weighted by molar-refractivity contribution is 0.211. The van der Waals surface area contributed by atoms with Crippen LogP contribution in [-0.4, -0.2) is 29.9 Å². The van der Waals surface area contributed by atoms with Crippen LogP contribution in [0.2, 0.25) is 0 Å². The maximum absolute atomic E-state index is 7.16. The molecular weight excluding hydrogens is 174 g/mol. The van der Waals surface area contributed by atoms with E-state index in [-0.39, 0.29) is 0 Å². The summed E-state index contributed by atoms with van der Waals surface area (Å²) >= 11 is 0. The highest BCUT2D eigenvalue weighted by Gasteiger charge is 2.24. The number of hydrogen-bond acceptors (Lipinski definition) is 2. The number of nitrogens with two attached hydrogens (primary N) is 1. The van der Waals surface area contributed by atoms with Gasteiger partial charge in [-0.15, -0.1) is 0 Å². The summed E-state index contributed by atoms with van der Waals surface area (Å²) in [6.45, 7) is 6.83. The van der Waals surface area contributed by atoms with E-state index in [9.17, 15) is 0 Å². The largest absolute Gasteiger partial charge is 0.388 e. The fourth-order valence-electron chi connectivity index (χ4n) is 1.66. The van der Waals surface area contributed by atoms with E-state index in [0.717, 1.165) is 25.3 Å². The molecule has 3 nitrogen and oxygen atoms in total. The minimum Gasteiger partial charge on any atom is -0.388 e. The number of rotatable bonds is 7. The maximum Gasteiger partial charge on any atom is 0.0905 e. The maximum atomic E-state index is 7.16. The Bertz CT molecular complexity index is 185. The third-order valence-corrected chi connectivity index (χ3v) is 2.81. The molecule has 0 atom stereocenters. The molecule has 0 aromatic carbocycles. The molecule has 0 aromatic heterocycles. The monoisotopic (exact) mass is 197 g/mol. The predicted octanol–water partition coefficient (Wildman–Crippen LogP) is 1.82. The molecule has 1 aliphatic carbocycles. The van der Waals surface area contributed by atoms with Crippen molar-refractivity contribution in [1.29, 1.82) is 5.41 Å². The second-order valence-electron chi connectivity index (χ2n) is 4.66. The zero-order valence-electron chi connectivity index (χ0n) is 9.42. The Morgan fingerprint density at radius 1 is 1.50 bits per heavy atom. The van der Waals surface area contributed by atoms with E-state index in [1.165, 1.54) is 19.4 Å². The summed E-state index contributed by atoms with van der Waals surface area (Å²) in [7, 11) is 0. The third-order valence-electron chi connectivity index (χ3n) is 2.81. The molecule has 14 heavy (non-hydrogen) atoms. The third kappa shape index (κ3) is 4.61. The Balaban J connectivity index is 2.16. The first kappa shape index (κ1) is 11.5. The van der Waals surface area contributed by atoms with Gasteiger partial charge < -0.3 is 10.6 Å². The molecule has 1 rings (SSSR count). The molecule has 0 aromatic rings.